The van der Waals surface area contributed by atoms with Crippen molar-refractivity contribution in [3.8, 4) is 11.5 Å². The largest absolute Gasteiger partial charge is 0.444 e. The first-order valence-electron chi connectivity index (χ1n) is 10.5. The fraction of sp³-hybridized carbons (Fsp3) is 0.545. The minimum Gasteiger partial charge on any atom is -0.444 e. The number of halogens is 1. The third kappa shape index (κ3) is 6.70. The molecule has 1 fully saturated rings. The van der Waals surface area contributed by atoms with E-state index < -0.39 is 0 Å². The predicted octanol–water partition coefficient (Wildman–Crippen LogP) is 4.09. The van der Waals surface area contributed by atoms with E-state index in [0.29, 0.717) is 18.4 Å². The summed E-state index contributed by atoms with van der Waals surface area (Å²) in [6, 6.07) is 9.97. The number of likely N-dealkylation sites (tertiary alicyclic amines) is 1. The number of guanidine groups is 1. The van der Waals surface area contributed by atoms with E-state index in [0.717, 1.165) is 49.9 Å². The molecule has 0 spiro atoms. The second kappa shape index (κ2) is 12.2. The monoisotopic (exact) mass is 511 g/mol. The molecule has 1 aromatic carbocycles. The average Bonchev–Trinajstić information content (AvgIpc) is 3.40. The number of aliphatic imine (C=N–C) groups is 1. The minimum atomic E-state index is 0. The van der Waals surface area contributed by atoms with Gasteiger partial charge in [-0.2, -0.15) is 0 Å². The zero-order valence-electron chi connectivity index (χ0n) is 17.8. The predicted molar refractivity (Wildman–Crippen MR) is 130 cm³/mol. The first kappa shape index (κ1) is 23.7. The van der Waals surface area contributed by atoms with Gasteiger partial charge in [-0.1, -0.05) is 32.0 Å². The number of nitrogens with zero attached hydrogens (tertiary/aromatic N) is 4. The molecule has 2 aromatic rings. The molecule has 1 atom stereocenters. The molecule has 1 aromatic heterocycles. The first-order chi connectivity index (χ1) is 13.7. The van der Waals surface area contributed by atoms with Crippen LogP contribution in [0, 0.1) is 5.92 Å². The van der Waals surface area contributed by atoms with Crippen molar-refractivity contribution in [1.82, 2.24) is 20.1 Å². The lowest BCUT2D eigenvalue weighted by Gasteiger charge is -2.24. The number of rotatable bonds is 8. The molecule has 0 aliphatic carbocycles. The molecule has 1 aliphatic heterocycles. The van der Waals surface area contributed by atoms with E-state index in [9.17, 15) is 0 Å². The summed E-state index contributed by atoms with van der Waals surface area (Å²) in [5.41, 5.74) is 1.84. The Morgan fingerprint density at radius 2 is 2.00 bits per heavy atom. The summed E-state index contributed by atoms with van der Waals surface area (Å²) in [6.45, 7) is 13.5. The quantitative estimate of drug-likeness (QED) is 0.329. The number of benzene rings is 1. The van der Waals surface area contributed by atoms with Crippen molar-refractivity contribution in [3.05, 3.63) is 42.3 Å². The molecule has 2 heterocycles. The van der Waals surface area contributed by atoms with Crippen molar-refractivity contribution < 1.29 is 4.42 Å². The van der Waals surface area contributed by atoms with Crippen LogP contribution in [-0.2, 0) is 6.54 Å². The number of aromatic nitrogens is 1. The highest BCUT2D eigenvalue weighted by Crippen LogP contribution is 2.20. The van der Waals surface area contributed by atoms with Gasteiger partial charge < -0.3 is 19.5 Å². The van der Waals surface area contributed by atoms with Crippen LogP contribution in [0.5, 0.6) is 0 Å². The van der Waals surface area contributed by atoms with Crippen LogP contribution in [0.15, 0.2) is 46.0 Å². The van der Waals surface area contributed by atoms with Crippen molar-refractivity contribution in [2.75, 3.05) is 39.3 Å². The van der Waals surface area contributed by atoms with Crippen LogP contribution in [0.1, 0.15) is 32.9 Å². The van der Waals surface area contributed by atoms with Crippen LogP contribution in [0.3, 0.4) is 0 Å². The van der Waals surface area contributed by atoms with E-state index in [-0.39, 0.29) is 24.0 Å². The fourth-order valence-electron chi connectivity index (χ4n) is 3.70. The molecule has 160 valence electrons. The molecule has 0 radical (unpaired) electrons. The Bertz CT molecular complexity index is 745. The van der Waals surface area contributed by atoms with Gasteiger partial charge >= 0.3 is 0 Å². The Morgan fingerprint density at radius 1 is 1.24 bits per heavy atom. The first-order valence-corrected chi connectivity index (χ1v) is 10.5. The topological polar surface area (TPSA) is 56.9 Å². The van der Waals surface area contributed by atoms with Crippen LogP contribution in [0.4, 0.5) is 0 Å². The van der Waals surface area contributed by atoms with Gasteiger partial charge in [-0.25, -0.2) is 9.98 Å². The lowest BCUT2D eigenvalue weighted by atomic mass is 10.1. The third-order valence-corrected chi connectivity index (χ3v) is 5.29. The molecule has 1 N–H and O–H groups in total. The highest BCUT2D eigenvalue weighted by molar-refractivity contribution is 14.0. The molecule has 0 amide bonds. The van der Waals surface area contributed by atoms with Gasteiger partial charge in [0, 0.05) is 31.7 Å². The van der Waals surface area contributed by atoms with Crippen molar-refractivity contribution in [2.24, 2.45) is 10.9 Å². The summed E-state index contributed by atoms with van der Waals surface area (Å²) < 4.78 is 5.63. The SMILES string of the molecule is CCNC(=NCc1coc(-c2ccccc2)n1)N1CCC(CN(CC)CC)C1.I. The number of oxazole rings is 1. The Kier molecular flexibility index (Phi) is 9.93. The van der Waals surface area contributed by atoms with E-state index in [4.69, 9.17) is 9.41 Å². The molecule has 1 aliphatic rings. The van der Waals surface area contributed by atoms with Crippen LogP contribution in [0.2, 0.25) is 0 Å². The normalized spacial score (nSPS) is 16.9. The van der Waals surface area contributed by atoms with Crippen molar-refractivity contribution in [2.45, 2.75) is 33.7 Å². The van der Waals surface area contributed by atoms with E-state index in [1.807, 2.05) is 30.3 Å². The summed E-state index contributed by atoms with van der Waals surface area (Å²) in [5, 5.41) is 3.44. The zero-order chi connectivity index (χ0) is 19.8. The molecular weight excluding hydrogens is 477 g/mol. The van der Waals surface area contributed by atoms with Crippen molar-refractivity contribution >= 4 is 29.9 Å². The van der Waals surface area contributed by atoms with Crippen LogP contribution < -0.4 is 5.32 Å². The van der Waals surface area contributed by atoms with E-state index in [1.165, 1.54) is 13.0 Å². The number of hydrogen-bond donors (Lipinski definition) is 1. The van der Waals surface area contributed by atoms with Crippen LogP contribution >= 0.6 is 24.0 Å². The summed E-state index contributed by atoms with van der Waals surface area (Å²) in [4.78, 5) is 14.3. The lowest BCUT2D eigenvalue weighted by Crippen LogP contribution is -2.40. The highest BCUT2D eigenvalue weighted by atomic mass is 127. The molecule has 0 saturated carbocycles. The number of nitrogens with one attached hydrogen (secondary N) is 1. The molecule has 1 unspecified atom stereocenters. The molecule has 7 heteroatoms. The Balaban J connectivity index is 0.00000300. The van der Waals surface area contributed by atoms with Crippen LogP contribution in [-0.4, -0.2) is 60.0 Å². The average molecular weight is 511 g/mol. The second-order valence-corrected chi connectivity index (χ2v) is 7.27. The highest BCUT2D eigenvalue weighted by Gasteiger charge is 2.26. The molecule has 29 heavy (non-hydrogen) atoms. The van der Waals surface area contributed by atoms with E-state index >= 15 is 0 Å². The second-order valence-electron chi connectivity index (χ2n) is 7.27. The van der Waals surface area contributed by atoms with Gasteiger partial charge in [-0.3, -0.25) is 0 Å². The Hall–Kier alpha value is -1.61. The lowest BCUT2D eigenvalue weighted by molar-refractivity contribution is 0.255. The molecule has 1 saturated heterocycles. The summed E-state index contributed by atoms with van der Waals surface area (Å²) in [5.74, 6) is 2.34. The van der Waals surface area contributed by atoms with Gasteiger partial charge in [0.25, 0.3) is 0 Å². The van der Waals surface area contributed by atoms with Gasteiger partial charge in [0.05, 0.1) is 6.54 Å². The number of hydrogen-bond acceptors (Lipinski definition) is 4. The molecule has 3 rings (SSSR count). The smallest absolute Gasteiger partial charge is 0.226 e. The maximum Gasteiger partial charge on any atom is 0.226 e. The molecule has 6 nitrogen and oxygen atoms in total. The maximum atomic E-state index is 5.63. The molecule has 0 bridgehead atoms. The summed E-state index contributed by atoms with van der Waals surface area (Å²) in [6.07, 6.45) is 2.94. The van der Waals surface area contributed by atoms with Gasteiger partial charge in [0.1, 0.15) is 12.0 Å². The van der Waals surface area contributed by atoms with Crippen LogP contribution in [0.25, 0.3) is 11.5 Å². The van der Waals surface area contributed by atoms with Gasteiger partial charge in [0.15, 0.2) is 5.96 Å². The van der Waals surface area contributed by atoms with Crippen molar-refractivity contribution in [3.63, 3.8) is 0 Å². The summed E-state index contributed by atoms with van der Waals surface area (Å²) in [7, 11) is 0. The van der Waals surface area contributed by atoms with E-state index in [2.05, 4.69) is 40.9 Å². The Labute approximate surface area is 191 Å². The van der Waals surface area contributed by atoms with Gasteiger partial charge in [0.2, 0.25) is 5.89 Å². The zero-order valence-corrected chi connectivity index (χ0v) is 20.1. The Morgan fingerprint density at radius 3 is 2.69 bits per heavy atom. The maximum absolute atomic E-state index is 5.63. The molecular formula is C22H34IN5O. The standard InChI is InChI=1S/C22H33N5O.HI/c1-4-23-22(27-13-12-18(16-27)15-26(5-2)6-3)24-14-20-17-28-21(25-20)19-10-8-7-9-11-19;/h7-11,17-18H,4-6,12-16H2,1-3H3,(H,23,24);1H. The fourth-order valence-corrected chi connectivity index (χ4v) is 3.70. The van der Waals surface area contributed by atoms with Gasteiger partial charge in [-0.15, -0.1) is 24.0 Å². The van der Waals surface area contributed by atoms with E-state index in [1.54, 1.807) is 6.26 Å². The summed E-state index contributed by atoms with van der Waals surface area (Å²) >= 11 is 0. The third-order valence-electron chi connectivity index (χ3n) is 5.29. The minimum absolute atomic E-state index is 0. The van der Waals surface area contributed by atoms with Crippen molar-refractivity contribution in [1.29, 1.82) is 0 Å². The van der Waals surface area contributed by atoms with Gasteiger partial charge in [-0.05, 0) is 44.5 Å².